The van der Waals surface area contributed by atoms with E-state index in [2.05, 4.69) is 27.7 Å². The van der Waals surface area contributed by atoms with Crippen LogP contribution in [0.2, 0.25) is 0 Å². The second kappa shape index (κ2) is 17.0. The molecule has 0 bridgehead atoms. The maximum Gasteiger partial charge on any atom is 0.416 e. The third-order valence-corrected chi connectivity index (χ3v) is 13.5. The number of anilines is 6. The molecule has 70 heavy (non-hydrogen) atoms. The third kappa shape index (κ3) is 8.36. The van der Waals surface area contributed by atoms with Gasteiger partial charge in [-0.1, -0.05) is 53.7 Å². The summed E-state index contributed by atoms with van der Waals surface area (Å²) in [6.45, 7) is 16.3. The van der Waals surface area contributed by atoms with Gasteiger partial charge in [-0.25, -0.2) is 0 Å². The van der Waals surface area contributed by atoms with Crippen LogP contribution in [0, 0.1) is 13.8 Å². The highest BCUT2D eigenvalue weighted by Crippen LogP contribution is 2.62. The fraction of sp³-hybridized carbons (Fsp3) is 0.250. The number of benzene rings is 7. The van der Waals surface area contributed by atoms with Gasteiger partial charge in [-0.3, -0.25) is 0 Å². The predicted octanol–water partition coefficient (Wildman–Crippen LogP) is 19.0. The zero-order valence-corrected chi connectivity index (χ0v) is 39.1. The van der Waals surface area contributed by atoms with Crippen molar-refractivity contribution in [2.24, 2.45) is 0 Å². The molecule has 0 saturated carbocycles. The van der Waals surface area contributed by atoms with Gasteiger partial charge in [0.25, 0.3) is 0 Å². The van der Waals surface area contributed by atoms with Gasteiger partial charge in [0.1, 0.15) is 0 Å². The van der Waals surface area contributed by atoms with Crippen LogP contribution >= 0.6 is 0 Å². The molecule has 0 aromatic heterocycles. The molecule has 0 saturated heterocycles. The van der Waals surface area contributed by atoms with Crippen molar-refractivity contribution in [3.05, 3.63) is 189 Å². The van der Waals surface area contributed by atoms with E-state index >= 15 is 0 Å². The lowest BCUT2D eigenvalue weighted by Gasteiger charge is -2.33. The summed E-state index contributed by atoms with van der Waals surface area (Å²) in [7, 11) is 0. The Morgan fingerprint density at radius 1 is 0.329 bits per heavy atom. The summed E-state index contributed by atoms with van der Waals surface area (Å²) in [6, 6.07) is 28.9. The van der Waals surface area contributed by atoms with E-state index in [9.17, 15) is 52.7 Å². The number of rotatable bonds is 6. The molecule has 0 spiro atoms. The van der Waals surface area contributed by atoms with Crippen molar-refractivity contribution >= 4 is 34.1 Å². The van der Waals surface area contributed by atoms with Crippen LogP contribution < -0.4 is 9.80 Å². The van der Waals surface area contributed by atoms with E-state index in [-0.39, 0.29) is 22.7 Å². The van der Waals surface area contributed by atoms with Gasteiger partial charge in [0.2, 0.25) is 0 Å². The van der Waals surface area contributed by atoms with E-state index in [4.69, 9.17) is 0 Å². The number of hydrogen-bond acceptors (Lipinski definition) is 2. The monoisotopic (exact) mass is 974 g/mol. The minimum atomic E-state index is -4.62. The molecule has 0 heterocycles. The highest BCUT2D eigenvalue weighted by Gasteiger charge is 2.48. The molecule has 0 fully saturated rings. The van der Waals surface area contributed by atoms with Crippen LogP contribution in [0.15, 0.2) is 133 Å². The Balaban J connectivity index is 0.00000325. The van der Waals surface area contributed by atoms with Crippen molar-refractivity contribution in [3.8, 4) is 22.3 Å². The van der Waals surface area contributed by atoms with Crippen molar-refractivity contribution in [1.82, 2.24) is 0 Å². The number of fused-ring (bicyclic) bond motifs is 7. The Morgan fingerprint density at radius 2 is 0.543 bits per heavy atom. The lowest BCUT2D eigenvalue weighted by atomic mass is 9.71. The predicted molar refractivity (Wildman–Crippen MR) is 252 cm³/mol. The first-order valence-electron chi connectivity index (χ1n) is 22.4. The largest absolute Gasteiger partial charge is 0.416 e. The van der Waals surface area contributed by atoms with E-state index in [1.54, 1.807) is 21.9 Å². The van der Waals surface area contributed by atoms with Crippen LogP contribution in [-0.4, -0.2) is 0 Å². The molecule has 0 amide bonds. The molecule has 7 aromatic rings. The summed E-state index contributed by atoms with van der Waals surface area (Å²) in [5.41, 5.74) is 6.65. The van der Waals surface area contributed by atoms with E-state index in [0.29, 0.717) is 11.4 Å². The van der Waals surface area contributed by atoms with Gasteiger partial charge < -0.3 is 9.80 Å². The normalized spacial score (nSPS) is 14.5. The number of hydrogen-bond donors (Lipinski definition) is 0. The smallest absolute Gasteiger partial charge is 0.310 e. The zero-order valence-electron chi connectivity index (χ0n) is 39.1. The van der Waals surface area contributed by atoms with Gasteiger partial charge in [-0.05, 0) is 191 Å². The molecule has 0 unspecified atom stereocenters. The van der Waals surface area contributed by atoms with E-state index < -0.39 is 57.8 Å². The summed E-state index contributed by atoms with van der Waals surface area (Å²) < 4.78 is 164. The van der Waals surface area contributed by atoms with E-state index in [1.165, 1.54) is 48.5 Å². The summed E-state index contributed by atoms with van der Waals surface area (Å²) in [4.78, 5) is 3.23. The maximum atomic E-state index is 13.7. The number of nitrogens with zero attached hydrogens (tertiary/aromatic N) is 2. The van der Waals surface area contributed by atoms with Crippen LogP contribution in [0.5, 0.6) is 0 Å². The average Bonchev–Trinajstić information content (AvgIpc) is 3.67. The van der Waals surface area contributed by atoms with Gasteiger partial charge in [0.05, 0.1) is 22.3 Å². The average molecular weight is 975 g/mol. The molecule has 7 aromatic carbocycles. The fourth-order valence-electron chi connectivity index (χ4n) is 10.1. The van der Waals surface area contributed by atoms with Gasteiger partial charge >= 0.3 is 24.7 Å². The summed E-state index contributed by atoms with van der Waals surface area (Å²) in [6.07, 6.45) is -18.5. The van der Waals surface area contributed by atoms with Gasteiger partial charge in [-0.2, -0.15) is 52.7 Å². The molecular weight excluding hydrogens is 929 g/mol. The van der Waals surface area contributed by atoms with Crippen LogP contribution in [0.25, 0.3) is 22.3 Å². The summed E-state index contributed by atoms with van der Waals surface area (Å²) in [5, 5.41) is 0. The van der Waals surface area contributed by atoms with Gasteiger partial charge in [0, 0.05) is 45.0 Å². The van der Waals surface area contributed by atoms with Crippen molar-refractivity contribution in [2.75, 3.05) is 9.80 Å². The second-order valence-electron chi connectivity index (χ2n) is 18.3. The number of halogens is 12. The molecule has 2 aliphatic carbocycles. The maximum absolute atomic E-state index is 13.7. The second-order valence-corrected chi connectivity index (χ2v) is 18.3. The van der Waals surface area contributed by atoms with E-state index in [1.807, 2.05) is 52.0 Å². The topological polar surface area (TPSA) is 6.48 Å². The van der Waals surface area contributed by atoms with Crippen LogP contribution in [-0.2, 0) is 35.5 Å². The lowest BCUT2D eigenvalue weighted by molar-refractivity contribution is -0.138. The van der Waals surface area contributed by atoms with Crippen molar-refractivity contribution in [1.29, 1.82) is 0 Å². The Morgan fingerprint density at radius 3 is 0.757 bits per heavy atom. The van der Waals surface area contributed by atoms with E-state index in [0.717, 1.165) is 104 Å². The SMILES string of the molecule is CC.Cc1c(C)c2c(c3c1-c1ccc(N(c4ccc(C(F)(F)F)cc4)c4ccc(C(F)(F)F)cc4)cc1C3(C)C)C(C)(C)c1cc(N(c3ccc(C(F)(F)F)cc3)c3ccc(C(F)(F)F)cc3)ccc1-2. The van der Waals surface area contributed by atoms with Crippen LogP contribution in [0.1, 0.15) is 97.2 Å². The molecule has 0 N–H and O–H groups in total. The highest BCUT2D eigenvalue weighted by molar-refractivity contribution is 5.97. The Bertz CT molecular complexity index is 2780. The molecule has 2 nitrogen and oxygen atoms in total. The quantitative estimate of drug-likeness (QED) is 0.153. The molecule has 0 aliphatic heterocycles. The van der Waals surface area contributed by atoms with Crippen molar-refractivity contribution in [3.63, 3.8) is 0 Å². The fourth-order valence-corrected chi connectivity index (χ4v) is 10.1. The summed E-state index contributed by atoms with van der Waals surface area (Å²) in [5.74, 6) is 0. The molecule has 364 valence electrons. The highest BCUT2D eigenvalue weighted by atomic mass is 19.4. The summed E-state index contributed by atoms with van der Waals surface area (Å²) >= 11 is 0. The van der Waals surface area contributed by atoms with Crippen LogP contribution in [0.3, 0.4) is 0 Å². The van der Waals surface area contributed by atoms with Gasteiger partial charge in [0.15, 0.2) is 0 Å². The Kier molecular flexibility index (Phi) is 12.1. The first-order chi connectivity index (χ1) is 32.6. The molecular formula is C56H46F12N2. The standard InChI is InChI=1S/C54H40F12N2.C2H6/c1-29-30(2)46-42-26-24-40(68(37-19-11-33(12-20-37)53(61,62)63)38-21-13-34(14-22-38)54(64,65)66)28-44(42)50(5,6)48(46)47-45(29)41-25-23-39(27-43(41)49(47,3)4)67(35-15-7-31(8-16-35)51(55,56)57)36-17-9-32(10-18-36)52(58,59)60;1-2/h7-28H,1-6H3;1-2H3. The first-order valence-corrected chi connectivity index (χ1v) is 22.4. The first kappa shape index (κ1) is 49.7. The Labute approximate surface area is 397 Å². The van der Waals surface area contributed by atoms with Crippen LogP contribution in [0.4, 0.5) is 86.8 Å². The third-order valence-electron chi connectivity index (χ3n) is 13.5. The van der Waals surface area contributed by atoms with Crippen molar-refractivity contribution in [2.45, 2.75) is 90.9 Å². The van der Waals surface area contributed by atoms with Crippen molar-refractivity contribution < 1.29 is 52.7 Å². The van der Waals surface area contributed by atoms with Gasteiger partial charge in [-0.15, -0.1) is 0 Å². The molecule has 14 heteroatoms. The molecule has 9 rings (SSSR count). The molecule has 0 atom stereocenters. The molecule has 2 aliphatic rings. The lowest BCUT2D eigenvalue weighted by Crippen LogP contribution is -2.25. The minimum absolute atomic E-state index is 0.285. The minimum Gasteiger partial charge on any atom is -0.310 e. The zero-order chi connectivity index (χ0) is 51.3. The Hall–Kier alpha value is -6.70. The molecule has 0 radical (unpaired) electrons. The number of alkyl halides is 12.